The van der Waals surface area contributed by atoms with E-state index >= 15 is 0 Å². The van der Waals surface area contributed by atoms with Gasteiger partial charge in [0.2, 0.25) is 0 Å². The van der Waals surface area contributed by atoms with Crippen LogP contribution in [0.3, 0.4) is 0 Å². The van der Waals surface area contributed by atoms with E-state index in [4.69, 9.17) is 5.11 Å². The number of aromatic nitrogens is 1. The highest BCUT2D eigenvalue weighted by atomic mass is 32.3. The van der Waals surface area contributed by atoms with Gasteiger partial charge in [-0.1, -0.05) is 6.07 Å². The number of fused-ring (bicyclic) bond motifs is 1. The molecule has 0 fully saturated rings. The van der Waals surface area contributed by atoms with Gasteiger partial charge in [0.15, 0.2) is 0 Å². The normalized spacial score (nSPS) is 12.9. The Balaban J connectivity index is 2.73. The third-order valence-electron chi connectivity index (χ3n) is 2.51. The summed E-state index contributed by atoms with van der Waals surface area (Å²) < 4.78 is 0. The molecule has 2 rings (SSSR count). The molecule has 2 N–H and O–H groups in total. The van der Waals surface area contributed by atoms with Crippen LogP contribution < -0.4 is 0 Å². The van der Waals surface area contributed by atoms with Gasteiger partial charge in [-0.15, -0.1) is 0 Å². The van der Waals surface area contributed by atoms with Gasteiger partial charge in [0, 0.05) is 10.9 Å². The molecule has 0 unspecified atom stereocenters. The van der Waals surface area contributed by atoms with Crippen LogP contribution in [0.15, 0.2) is 29.2 Å². The first-order chi connectivity index (χ1) is 7.39. The minimum Gasteiger partial charge on any atom is -0.477 e. The fourth-order valence-corrected chi connectivity index (χ4v) is 3.09. The van der Waals surface area contributed by atoms with E-state index in [2.05, 4.69) is 29.8 Å². The largest absolute Gasteiger partial charge is 0.477 e. The van der Waals surface area contributed by atoms with E-state index < -0.39 is 16.0 Å². The number of H-pyrrole nitrogens is 1. The molecule has 16 heavy (non-hydrogen) atoms. The Morgan fingerprint density at radius 2 is 2.00 bits per heavy atom. The van der Waals surface area contributed by atoms with Crippen LogP contribution in [-0.2, 0) is 0 Å². The molecule has 0 bridgehead atoms. The molecule has 2 aromatic rings. The van der Waals surface area contributed by atoms with Crippen molar-refractivity contribution >= 4 is 26.9 Å². The Morgan fingerprint density at radius 3 is 2.56 bits per heavy atom. The monoisotopic (exact) mass is 237 g/mol. The van der Waals surface area contributed by atoms with E-state index in [1.165, 1.54) is 4.90 Å². The summed E-state index contributed by atoms with van der Waals surface area (Å²) in [4.78, 5) is 15.1. The fraction of sp³-hybridized carbons (Fsp3) is 0.250. The van der Waals surface area contributed by atoms with Crippen LogP contribution in [0, 0.1) is 0 Å². The van der Waals surface area contributed by atoms with Crippen LogP contribution in [0.5, 0.6) is 0 Å². The van der Waals surface area contributed by atoms with Gasteiger partial charge in [0.25, 0.3) is 0 Å². The highest BCUT2D eigenvalue weighted by molar-refractivity contribution is 8.32. The Labute approximate surface area is 95.8 Å². The maximum atomic E-state index is 10.9. The lowest BCUT2D eigenvalue weighted by Gasteiger charge is -2.26. The Hall–Kier alpha value is -1.42. The summed E-state index contributed by atoms with van der Waals surface area (Å²) in [5.41, 5.74) is 1.16. The lowest BCUT2D eigenvalue weighted by molar-refractivity contribution is 0.0691. The third-order valence-corrected chi connectivity index (χ3v) is 4.19. The number of nitrogens with one attached hydrogen (secondary N) is 1. The molecule has 0 atom stereocenters. The second kappa shape index (κ2) is 3.56. The van der Waals surface area contributed by atoms with Crippen LogP contribution in [0.25, 0.3) is 10.9 Å². The lowest BCUT2D eigenvalue weighted by atomic mass is 10.2. The molecule has 1 aromatic carbocycles. The smallest absolute Gasteiger partial charge is 0.352 e. The zero-order chi connectivity index (χ0) is 11.9. The van der Waals surface area contributed by atoms with E-state index in [0.29, 0.717) is 0 Å². The molecule has 1 heterocycles. The van der Waals surface area contributed by atoms with Crippen LogP contribution in [0.1, 0.15) is 10.5 Å². The molecule has 0 radical (unpaired) electrons. The predicted molar refractivity (Wildman–Crippen MR) is 68.9 cm³/mol. The number of hydrogen-bond donors (Lipinski definition) is 2. The van der Waals surface area contributed by atoms with Crippen molar-refractivity contribution in [3.63, 3.8) is 0 Å². The quantitative estimate of drug-likeness (QED) is 0.843. The summed E-state index contributed by atoms with van der Waals surface area (Å²) in [5.74, 6) is -0.911. The average Bonchev–Trinajstić information content (AvgIpc) is 2.58. The Morgan fingerprint density at radius 1 is 1.31 bits per heavy atom. The molecule has 3 nitrogen and oxygen atoms in total. The van der Waals surface area contributed by atoms with E-state index in [1.807, 2.05) is 12.1 Å². The standard InChI is InChI=1S/C12H15NO2S/c1-16(2,3)11-6-4-5-9-8(11)7-10(13-9)12(14)15/h4-7,13H,1-3H3,(H,14,15). The number of benzene rings is 1. The van der Waals surface area contributed by atoms with Crippen LogP contribution in [-0.4, -0.2) is 34.8 Å². The lowest BCUT2D eigenvalue weighted by Crippen LogP contribution is -1.94. The molecule has 0 saturated carbocycles. The van der Waals surface area contributed by atoms with E-state index in [1.54, 1.807) is 6.07 Å². The zero-order valence-corrected chi connectivity index (χ0v) is 10.4. The highest BCUT2D eigenvalue weighted by Crippen LogP contribution is 2.48. The van der Waals surface area contributed by atoms with Crippen LogP contribution in [0.2, 0.25) is 0 Å². The molecule has 0 aliphatic carbocycles. The summed E-state index contributed by atoms with van der Waals surface area (Å²) >= 11 is 0. The van der Waals surface area contributed by atoms with Gasteiger partial charge in [-0.25, -0.2) is 14.8 Å². The molecule has 1 aromatic heterocycles. The van der Waals surface area contributed by atoms with Gasteiger partial charge in [-0.05, 0) is 41.9 Å². The van der Waals surface area contributed by atoms with E-state index in [0.717, 1.165) is 10.9 Å². The van der Waals surface area contributed by atoms with Crippen LogP contribution >= 0.6 is 10.0 Å². The summed E-state index contributed by atoms with van der Waals surface area (Å²) in [6.07, 6.45) is 6.61. The molecule has 0 aliphatic rings. The van der Waals surface area contributed by atoms with Gasteiger partial charge >= 0.3 is 5.97 Å². The first-order valence-corrected chi connectivity index (χ1v) is 7.79. The van der Waals surface area contributed by atoms with Gasteiger partial charge in [0.05, 0.1) is 0 Å². The van der Waals surface area contributed by atoms with Gasteiger partial charge in [-0.2, -0.15) is 0 Å². The summed E-state index contributed by atoms with van der Waals surface area (Å²) in [6, 6.07) is 7.69. The van der Waals surface area contributed by atoms with Crippen molar-refractivity contribution in [1.82, 2.24) is 4.98 Å². The molecule has 0 spiro atoms. The number of carboxylic acid groups (broad SMARTS) is 1. The van der Waals surface area contributed by atoms with Crippen molar-refractivity contribution in [2.24, 2.45) is 0 Å². The molecule has 0 amide bonds. The van der Waals surface area contributed by atoms with Crippen molar-refractivity contribution in [3.8, 4) is 0 Å². The third kappa shape index (κ3) is 1.80. The van der Waals surface area contributed by atoms with Crippen molar-refractivity contribution in [3.05, 3.63) is 30.0 Å². The zero-order valence-electron chi connectivity index (χ0n) is 9.57. The molecule has 86 valence electrons. The number of rotatable bonds is 2. The number of hydrogen-bond acceptors (Lipinski definition) is 1. The first-order valence-electron chi connectivity index (χ1n) is 4.93. The van der Waals surface area contributed by atoms with Crippen molar-refractivity contribution in [2.75, 3.05) is 18.8 Å². The molecule has 0 aliphatic heterocycles. The van der Waals surface area contributed by atoms with E-state index in [9.17, 15) is 4.79 Å². The average molecular weight is 237 g/mol. The summed E-state index contributed by atoms with van der Waals surface area (Å²) in [7, 11) is -0.855. The molecular weight excluding hydrogens is 222 g/mol. The topological polar surface area (TPSA) is 53.1 Å². The molecule has 0 saturated heterocycles. The Bertz CT molecular complexity index is 552. The van der Waals surface area contributed by atoms with Crippen molar-refractivity contribution in [1.29, 1.82) is 0 Å². The van der Waals surface area contributed by atoms with Gasteiger partial charge in [-0.3, -0.25) is 0 Å². The van der Waals surface area contributed by atoms with Crippen molar-refractivity contribution in [2.45, 2.75) is 4.90 Å². The minimum atomic E-state index is -0.911. The second-order valence-electron chi connectivity index (χ2n) is 4.54. The van der Waals surface area contributed by atoms with Crippen LogP contribution in [0.4, 0.5) is 0 Å². The van der Waals surface area contributed by atoms with Crippen molar-refractivity contribution < 1.29 is 9.90 Å². The maximum Gasteiger partial charge on any atom is 0.352 e. The van der Waals surface area contributed by atoms with Gasteiger partial charge < -0.3 is 10.1 Å². The van der Waals surface area contributed by atoms with E-state index in [-0.39, 0.29) is 5.69 Å². The van der Waals surface area contributed by atoms with Gasteiger partial charge in [0.1, 0.15) is 5.69 Å². The predicted octanol–water partition coefficient (Wildman–Crippen LogP) is 2.92. The number of carbonyl (C=O) groups is 1. The second-order valence-corrected chi connectivity index (χ2v) is 8.66. The number of aromatic carboxylic acids is 1. The highest BCUT2D eigenvalue weighted by Gasteiger charge is 2.15. The summed E-state index contributed by atoms with van der Waals surface area (Å²) in [6.45, 7) is 0. The number of aromatic amines is 1. The summed E-state index contributed by atoms with van der Waals surface area (Å²) in [5, 5.41) is 9.99. The number of carboxylic acids is 1. The fourth-order valence-electron chi connectivity index (χ4n) is 1.78. The SMILES string of the molecule is CS(C)(C)c1cccc2[nH]c(C(=O)O)cc12. The Kier molecular flexibility index (Phi) is 2.46. The minimum absolute atomic E-state index is 0.256. The maximum absolute atomic E-state index is 10.9. The first kappa shape index (κ1) is 11.1. The molecular formula is C12H15NO2S. The molecule has 4 heteroatoms.